The molecule has 0 saturated heterocycles. The quantitative estimate of drug-likeness (QED) is 0.826. The fourth-order valence-electron chi connectivity index (χ4n) is 2.19. The summed E-state index contributed by atoms with van der Waals surface area (Å²) in [5, 5.41) is 11.6. The van der Waals surface area contributed by atoms with E-state index < -0.39 is 11.9 Å². The predicted octanol–water partition coefficient (Wildman–Crippen LogP) is 2.05. The number of nitrogens with zero attached hydrogens (tertiary/aromatic N) is 1. The number of aliphatic carboxylic acids is 1. The number of rotatable bonds is 6. The highest BCUT2D eigenvalue weighted by Gasteiger charge is 2.23. The van der Waals surface area contributed by atoms with E-state index in [9.17, 15) is 9.59 Å². The van der Waals surface area contributed by atoms with Crippen molar-refractivity contribution in [3.8, 4) is 0 Å². The molecule has 0 aromatic carbocycles. The summed E-state index contributed by atoms with van der Waals surface area (Å²) in [6.07, 6.45) is 5.87. The molecule has 1 aromatic rings. The molecule has 0 radical (unpaired) electrons. The van der Waals surface area contributed by atoms with Crippen LogP contribution < -0.4 is 5.32 Å². The summed E-state index contributed by atoms with van der Waals surface area (Å²) in [5.41, 5.74) is 0.674. The van der Waals surface area contributed by atoms with E-state index in [2.05, 4.69) is 5.32 Å². The summed E-state index contributed by atoms with van der Waals surface area (Å²) in [6, 6.07) is 4.15. The van der Waals surface area contributed by atoms with Crippen molar-refractivity contribution in [2.45, 2.75) is 38.6 Å². The molecular weight excluding hydrogens is 244 g/mol. The van der Waals surface area contributed by atoms with Crippen LogP contribution in [0.5, 0.6) is 0 Å². The van der Waals surface area contributed by atoms with Crippen LogP contribution in [0.1, 0.15) is 49.1 Å². The number of hydrogen-bond acceptors (Lipinski definition) is 2. The van der Waals surface area contributed by atoms with Crippen molar-refractivity contribution in [1.29, 1.82) is 0 Å². The minimum absolute atomic E-state index is 0.116. The lowest BCUT2D eigenvalue weighted by Gasteiger charge is -2.28. The Kier molecular flexibility index (Phi) is 4.24. The van der Waals surface area contributed by atoms with Gasteiger partial charge in [0, 0.05) is 18.8 Å². The standard InChI is InChI=1S/C14H20N2O3/c1-10(14(18)19)7-8-15-13(17)12-6-3-9-16(12)11-4-2-5-11/h3,6,9-11H,2,4-5,7-8H2,1H3,(H,15,17)(H,18,19). The van der Waals surface area contributed by atoms with E-state index in [0.717, 1.165) is 12.8 Å². The maximum Gasteiger partial charge on any atom is 0.306 e. The monoisotopic (exact) mass is 264 g/mol. The minimum Gasteiger partial charge on any atom is -0.481 e. The highest BCUT2D eigenvalue weighted by Crippen LogP contribution is 2.32. The zero-order valence-electron chi connectivity index (χ0n) is 11.1. The fraction of sp³-hybridized carbons (Fsp3) is 0.571. The third-order valence-electron chi connectivity index (χ3n) is 3.76. The van der Waals surface area contributed by atoms with Gasteiger partial charge in [-0.1, -0.05) is 6.92 Å². The third-order valence-corrected chi connectivity index (χ3v) is 3.76. The Morgan fingerprint density at radius 1 is 1.53 bits per heavy atom. The van der Waals surface area contributed by atoms with Crippen molar-refractivity contribution in [1.82, 2.24) is 9.88 Å². The van der Waals surface area contributed by atoms with Crippen molar-refractivity contribution in [2.75, 3.05) is 6.54 Å². The molecule has 1 aliphatic rings. The molecule has 5 heteroatoms. The average Bonchev–Trinajstić information content (AvgIpc) is 2.75. The number of carbonyl (C=O) groups excluding carboxylic acids is 1. The second-order valence-corrected chi connectivity index (χ2v) is 5.17. The zero-order valence-corrected chi connectivity index (χ0v) is 11.1. The molecule has 1 atom stereocenters. The largest absolute Gasteiger partial charge is 0.481 e. The molecule has 1 amide bonds. The third kappa shape index (κ3) is 3.16. The van der Waals surface area contributed by atoms with Crippen molar-refractivity contribution >= 4 is 11.9 Å². The number of carboxylic acid groups (broad SMARTS) is 1. The van der Waals surface area contributed by atoms with Gasteiger partial charge in [-0.3, -0.25) is 9.59 Å². The lowest BCUT2D eigenvalue weighted by molar-refractivity contribution is -0.141. The highest BCUT2D eigenvalue weighted by molar-refractivity contribution is 5.92. The van der Waals surface area contributed by atoms with Gasteiger partial charge in [0.05, 0.1) is 5.92 Å². The Morgan fingerprint density at radius 3 is 2.84 bits per heavy atom. The second-order valence-electron chi connectivity index (χ2n) is 5.17. The molecule has 104 valence electrons. The number of aromatic nitrogens is 1. The normalized spacial score (nSPS) is 16.7. The Hall–Kier alpha value is -1.78. The van der Waals surface area contributed by atoms with Crippen molar-refractivity contribution in [3.05, 3.63) is 24.0 Å². The van der Waals surface area contributed by atoms with Crippen LogP contribution >= 0.6 is 0 Å². The van der Waals surface area contributed by atoms with E-state index >= 15 is 0 Å². The van der Waals surface area contributed by atoms with Crippen LogP contribution in [0.4, 0.5) is 0 Å². The molecule has 1 aliphatic carbocycles. The number of amides is 1. The van der Waals surface area contributed by atoms with Crippen molar-refractivity contribution in [2.24, 2.45) is 5.92 Å². The van der Waals surface area contributed by atoms with Crippen LogP contribution in [0.25, 0.3) is 0 Å². The van der Waals surface area contributed by atoms with Crippen LogP contribution in [0.15, 0.2) is 18.3 Å². The van der Waals surface area contributed by atoms with Gasteiger partial charge in [-0.2, -0.15) is 0 Å². The Labute approximate surface area is 112 Å². The van der Waals surface area contributed by atoms with Gasteiger partial charge in [0.15, 0.2) is 0 Å². The van der Waals surface area contributed by atoms with Gasteiger partial charge in [0.1, 0.15) is 5.69 Å². The Bertz CT molecular complexity index is 463. The molecule has 1 unspecified atom stereocenters. The average molecular weight is 264 g/mol. The second kappa shape index (κ2) is 5.91. The summed E-state index contributed by atoms with van der Waals surface area (Å²) < 4.78 is 2.03. The molecule has 1 saturated carbocycles. The SMILES string of the molecule is CC(CCNC(=O)c1cccn1C1CCC1)C(=O)O. The zero-order chi connectivity index (χ0) is 13.8. The molecule has 5 nitrogen and oxygen atoms in total. The van der Waals surface area contributed by atoms with Gasteiger partial charge < -0.3 is 15.0 Å². The first-order valence-electron chi connectivity index (χ1n) is 6.77. The summed E-state index contributed by atoms with van der Waals surface area (Å²) in [5.74, 6) is -1.37. The minimum atomic E-state index is -0.827. The van der Waals surface area contributed by atoms with Gasteiger partial charge in [0.2, 0.25) is 0 Å². The van der Waals surface area contributed by atoms with E-state index in [4.69, 9.17) is 5.11 Å². The van der Waals surface area contributed by atoms with E-state index in [0.29, 0.717) is 24.7 Å². The first-order chi connectivity index (χ1) is 9.09. The Morgan fingerprint density at radius 2 is 2.26 bits per heavy atom. The number of carbonyl (C=O) groups is 2. The van der Waals surface area contributed by atoms with Crippen LogP contribution in [0, 0.1) is 5.92 Å². The number of hydrogen-bond donors (Lipinski definition) is 2. The molecule has 1 aromatic heterocycles. The van der Waals surface area contributed by atoms with E-state index in [-0.39, 0.29) is 5.91 Å². The molecule has 1 heterocycles. The fourth-order valence-corrected chi connectivity index (χ4v) is 2.19. The van der Waals surface area contributed by atoms with Crippen molar-refractivity contribution in [3.63, 3.8) is 0 Å². The number of nitrogens with one attached hydrogen (secondary N) is 1. The van der Waals surface area contributed by atoms with Crippen molar-refractivity contribution < 1.29 is 14.7 Å². The topological polar surface area (TPSA) is 71.3 Å². The molecule has 2 rings (SSSR count). The molecule has 1 fully saturated rings. The Balaban J connectivity index is 1.86. The molecular formula is C14H20N2O3. The maximum absolute atomic E-state index is 12.0. The van der Waals surface area contributed by atoms with Gasteiger partial charge >= 0.3 is 5.97 Å². The van der Waals surface area contributed by atoms with Crippen LogP contribution in [0.2, 0.25) is 0 Å². The van der Waals surface area contributed by atoms with Gasteiger partial charge in [-0.25, -0.2) is 0 Å². The number of carboxylic acids is 1. The molecule has 0 bridgehead atoms. The lowest BCUT2D eigenvalue weighted by Crippen LogP contribution is -2.30. The lowest BCUT2D eigenvalue weighted by atomic mass is 9.93. The van der Waals surface area contributed by atoms with E-state index in [1.165, 1.54) is 6.42 Å². The first kappa shape index (κ1) is 13.6. The molecule has 19 heavy (non-hydrogen) atoms. The summed E-state index contributed by atoms with van der Waals surface area (Å²) in [7, 11) is 0. The summed E-state index contributed by atoms with van der Waals surface area (Å²) >= 11 is 0. The smallest absolute Gasteiger partial charge is 0.306 e. The summed E-state index contributed by atoms with van der Waals surface area (Å²) in [6.45, 7) is 2.04. The molecule has 0 aliphatic heterocycles. The maximum atomic E-state index is 12.0. The summed E-state index contributed by atoms with van der Waals surface area (Å²) in [4.78, 5) is 22.7. The highest BCUT2D eigenvalue weighted by atomic mass is 16.4. The van der Waals surface area contributed by atoms with E-state index in [1.807, 2.05) is 22.9 Å². The van der Waals surface area contributed by atoms with Gasteiger partial charge in [0.25, 0.3) is 5.91 Å². The molecule has 2 N–H and O–H groups in total. The van der Waals surface area contributed by atoms with E-state index in [1.54, 1.807) is 6.92 Å². The van der Waals surface area contributed by atoms with Crippen LogP contribution in [-0.2, 0) is 4.79 Å². The van der Waals surface area contributed by atoms with Gasteiger partial charge in [-0.05, 0) is 37.8 Å². The molecule has 0 spiro atoms. The van der Waals surface area contributed by atoms with Crippen LogP contribution in [0.3, 0.4) is 0 Å². The van der Waals surface area contributed by atoms with Gasteiger partial charge in [-0.15, -0.1) is 0 Å². The first-order valence-corrected chi connectivity index (χ1v) is 6.77. The predicted molar refractivity (Wildman–Crippen MR) is 71.1 cm³/mol. The van der Waals surface area contributed by atoms with Crippen LogP contribution in [-0.4, -0.2) is 28.1 Å².